The minimum atomic E-state index is -4.38. The van der Waals surface area contributed by atoms with Crippen molar-refractivity contribution in [3.63, 3.8) is 0 Å². The molecule has 1 aromatic carbocycles. The summed E-state index contributed by atoms with van der Waals surface area (Å²) in [5.41, 5.74) is 0.791. The van der Waals surface area contributed by atoms with Gasteiger partial charge in [-0.3, -0.25) is 4.79 Å². The number of halogens is 3. The molecule has 110 valence electrons. The molecule has 0 unspecified atom stereocenters. The van der Waals surface area contributed by atoms with Crippen LogP contribution < -0.4 is 10.9 Å². The fourth-order valence-corrected chi connectivity index (χ4v) is 2.37. The highest BCUT2D eigenvalue weighted by Gasteiger charge is 2.30. The molecule has 0 saturated heterocycles. The quantitative estimate of drug-likeness (QED) is 0.890. The number of hydrogen-bond donors (Lipinski definition) is 2. The van der Waals surface area contributed by atoms with Gasteiger partial charge in [0.1, 0.15) is 5.82 Å². The zero-order valence-electron chi connectivity index (χ0n) is 10.9. The first-order chi connectivity index (χ1) is 9.93. The number of nitrogens with zero attached hydrogens (tertiary/aromatic N) is 1. The molecule has 0 saturated carbocycles. The van der Waals surface area contributed by atoms with Crippen LogP contribution in [-0.2, 0) is 25.7 Å². The monoisotopic (exact) mass is 295 g/mol. The largest absolute Gasteiger partial charge is 0.416 e. The lowest BCUT2D eigenvalue weighted by Crippen LogP contribution is -2.17. The summed E-state index contributed by atoms with van der Waals surface area (Å²) < 4.78 is 38.0. The van der Waals surface area contributed by atoms with Crippen molar-refractivity contribution in [2.24, 2.45) is 0 Å². The molecule has 1 aliphatic rings. The third-order valence-corrected chi connectivity index (χ3v) is 3.37. The second kappa shape index (κ2) is 5.00. The van der Waals surface area contributed by atoms with E-state index in [1.54, 1.807) is 6.07 Å². The number of alkyl halides is 3. The second-order valence-electron chi connectivity index (χ2n) is 4.92. The van der Waals surface area contributed by atoms with Gasteiger partial charge in [0.25, 0.3) is 5.56 Å². The second-order valence-corrected chi connectivity index (χ2v) is 4.92. The van der Waals surface area contributed by atoms with Gasteiger partial charge in [-0.25, -0.2) is 4.98 Å². The smallest absolute Gasteiger partial charge is 0.310 e. The Morgan fingerprint density at radius 2 is 2.05 bits per heavy atom. The Bertz CT molecular complexity index is 737. The molecular weight excluding hydrogens is 283 g/mol. The Labute approximate surface area is 118 Å². The summed E-state index contributed by atoms with van der Waals surface area (Å²) in [6, 6.07) is 5.03. The van der Waals surface area contributed by atoms with E-state index in [0.717, 1.165) is 12.1 Å². The minimum Gasteiger partial charge on any atom is -0.310 e. The van der Waals surface area contributed by atoms with E-state index in [1.807, 2.05) is 0 Å². The highest BCUT2D eigenvalue weighted by molar-refractivity contribution is 5.29. The van der Waals surface area contributed by atoms with Crippen LogP contribution in [0.2, 0.25) is 0 Å². The highest BCUT2D eigenvalue weighted by atomic mass is 19.4. The van der Waals surface area contributed by atoms with E-state index in [1.165, 1.54) is 6.07 Å². The normalized spacial score (nSPS) is 14.2. The van der Waals surface area contributed by atoms with E-state index in [9.17, 15) is 18.0 Å². The van der Waals surface area contributed by atoms with Gasteiger partial charge in [0.15, 0.2) is 0 Å². The molecule has 7 heteroatoms. The Balaban J connectivity index is 1.91. The van der Waals surface area contributed by atoms with Crippen LogP contribution in [0.25, 0.3) is 0 Å². The summed E-state index contributed by atoms with van der Waals surface area (Å²) >= 11 is 0. The zero-order chi connectivity index (χ0) is 15.0. The lowest BCUT2D eigenvalue weighted by atomic mass is 10.1. The van der Waals surface area contributed by atoms with Crippen LogP contribution in [0.3, 0.4) is 0 Å². The SMILES string of the molecule is O=c1[nH]c(Cc2cccc(C(F)(F)F)c2)nc2c1CNC2. The van der Waals surface area contributed by atoms with Crippen LogP contribution in [-0.4, -0.2) is 9.97 Å². The molecule has 1 aromatic heterocycles. The first kappa shape index (κ1) is 13.8. The molecule has 2 N–H and O–H groups in total. The molecule has 0 atom stereocenters. The maximum Gasteiger partial charge on any atom is 0.416 e. The van der Waals surface area contributed by atoms with Gasteiger partial charge in [-0.2, -0.15) is 13.2 Å². The standard InChI is InChI=1S/C14H12F3N3O/c15-14(16,17)9-3-1-2-8(4-9)5-12-19-11-7-18-6-10(11)13(21)20-12/h1-4,18H,5-7H2,(H,19,20,21). The number of rotatable bonds is 2. The maximum atomic E-state index is 12.7. The maximum absolute atomic E-state index is 12.7. The number of aromatic amines is 1. The van der Waals surface area contributed by atoms with Gasteiger partial charge in [0.2, 0.25) is 0 Å². The first-order valence-electron chi connectivity index (χ1n) is 6.41. The number of fused-ring (bicyclic) bond motifs is 1. The molecular formula is C14H12F3N3O. The van der Waals surface area contributed by atoms with Gasteiger partial charge in [-0.15, -0.1) is 0 Å². The molecule has 0 amide bonds. The lowest BCUT2D eigenvalue weighted by Gasteiger charge is -2.09. The summed E-state index contributed by atoms with van der Waals surface area (Å²) in [5, 5.41) is 3.02. The molecule has 21 heavy (non-hydrogen) atoms. The van der Waals surface area contributed by atoms with Crippen LogP contribution in [0.15, 0.2) is 29.1 Å². The van der Waals surface area contributed by atoms with Crippen LogP contribution in [0, 0.1) is 0 Å². The molecule has 2 heterocycles. The summed E-state index contributed by atoms with van der Waals surface area (Å²) in [7, 11) is 0. The molecule has 0 bridgehead atoms. The van der Waals surface area contributed by atoms with Gasteiger partial charge in [-0.1, -0.05) is 18.2 Å². The molecule has 0 spiro atoms. The predicted octanol–water partition coefficient (Wildman–Crippen LogP) is 1.98. The predicted molar refractivity (Wildman–Crippen MR) is 69.7 cm³/mol. The molecule has 0 radical (unpaired) electrons. The molecule has 1 aliphatic heterocycles. The van der Waals surface area contributed by atoms with E-state index in [0.29, 0.717) is 35.7 Å². The number of nitrogens with one attached hydrogen (secondary N) is 2. The van der Waals surface area contributed by atoms with Gasteiger partial charge >= 0.3 is 6.18 Å². The van der Waals surface area contributed by atoms with E-state index >= 15 is 0 Å². The van der Waals surface area contributed by atoms with Crippen LogP contribution in [0.4, 0.5) is 13.2 Å². The summed E-state index contributed by atoms with van der Waals surface area (Å²) in [4.78, 5) is 18.8. The zero-order valence-corrected chi connectivity index (χ0v) is 10.9. The Morgan fingerprint density at radius 3 is 2.81 bits per heavy atom. The van der Waals surface area contributed by atoms with Gasteiger partial charge in [-0.05, 0) is 11.6 Å². The third kappa shape index (κ3) is 2.82. The van der Waals surface area contributed by atoms with Gasteiger partial charge in [0.05, 0.1) is 16.8 Å². The van der Waals surface area contributed by atoms with Crippen molar-refractivity contribution in [1.29, 1.82) is 0 Å². The average molecular weight is 295 g/mol. The van der Waals surface area contributed by atoms with Gasteiger partial charge < -0.3 is 10.3 Å². The molecule has 2 aromatic rings. The highest BCUT2D eigenvalue weighted by Crippen LogP contribution is 2.29. The molecule has 4 nitrogen and oxygen atoms in total. The third-order valence-electron chi connectivity index (χ3n) is 3.37. The average Bonchev–Trinajstić information content (AvgIpc) is 2.87. The Kier molecular flexibility index (Phi) is 3.29. The lowest BCUT2D eigenvalue weighted by molar-refractivity contribution is -0.137. The summed E-state index contributed by atoms with van der Waals surface area (Å²) in [6.45, 7) is 0.982. The van der Waals surface area contributed by atoms with Crippen molar-refractivity contribution < 1.29 is 13.2 Å². The van der Waals surface area contributed by atoms with E-state index in [-0.39, 0.29) is 12.0 Å². The molecule has 0 aliphatic carbocycles. The minimum absolute atomic E-state index is 0.159. The van der Waals surface area contributed by atoms with E-state index < -0.39 is 11.7 Å². The molecule has 0 fully saturated rings. The number of aromatic nitrogens is 2. The Morgan fingerprint density at radius 1 is 1.24 bits per heavy atom. The fraction of sp³-hybridized carbons (Fsp3) is 0.286. The first-order valence-corrected chi connectivity index (χ1v) is 6.41. The summed E-state index contributed by atoms with van der Waals surface area (Å²) in [5.74, 6) is 0.377. The molecule has 3 rings (SSSR count). The van der Waals surface area contributed by atoms with Crippen LogP contribution in [0.1, 0.15) is 28.2 Å². The van der Waals surface area contributed by atoms with Crippen molar-refractivity contribution in [3.05, 3.63) is 62.8 Å². The number of hydrogen-bond acceptors (Lipinski definition) is 3. The topological polar surface area (TPSA) is 57.8 Å². The van der Waals surface area contributed by atoms with Crippen molar-refractivity contribution in [3.8, 4) is 0 Å². The van der Waals surface area contributed by atoms with Gasteiger partial charge in [0, 0.05) is 19.5 Å². The summed E-state index contributed by atoms with van der Waals surface area (Å²) in [6.07, 6.45) is -4.22. The number of H-pyrrole nitrogens is 1. The van der Waals surface area contributed by atoms with E-state index in [4.69, 9.17) is 0 Å². The fourth-order valence-electron chi connectivity index (χ4n) is 2.37. The van der Waals surface area contributed by atoms with Crippen molar-refractivity contribution in [1.82, 2.24) is 15.3 Å². The van der Waals surface area contributed by atoms with Crippen LogP contribution in [0.5, 0.6) is 0 Å². The van der Waals surface area contributed by atoms with Crippen molar-refractivity contribution >= 4 is 0 Å². The van der Waals surface area contributed by atoms with Crippen molar-refractivity contribution in [2.45, 2.75) is 25.7 Å². The van der Waals surface area contributed by atoms with E-state index in [2.05, 4.69) is 15.3 Å². The number of benzene rings is 1. The van der Waals surface area contributed by atoms with Crippen LogP contribution >= 0.6 is 0 Å². The Hall–Kier alpha value is -2.15. The van der Waals surface area contributed by atoms with Crippen molar-refractivity contribution in [2.75, 3.05) is 0 Å².